The number of amides is 1. The number of primary amides is 1. The lowest BCUT2D eigenvalue weighted by atomic mass is 9.89. The zero-order valence-electron chi connectivity index (χ0n) is 11.9. The van der Waals surface area contributed by atoms with E-state index < -0.39 is 11.4 Å². The van der Waals surface area contributed by atoms with Gasteiger partial charge in [0.1, 0.15) is 5.54 Å². The molecule has 1 fully saturated rings. The molecular formula is C15H23N3O2. The Labute approximate surface area is 119 Å². The van der Waals surface area contributed by atoms with Gasteiger partial charge in [-0.2, -0.15) is 0 Å². The summed E-state index contributed by atoms with van der Waals surface area (Å²) in [6, 6.07) is 9.35. The number of benzene rings is 1. The molecule has 1 aromatic rings. The maximum atomic E-state index is 11.9. The predicted octanol–water partition coefficient (Wildman–Crippen LogP) is 0.437. The lowest BCUT2D eigenvalue weighted by Crippen LogP contribution is -2.57. The quantitative estimate of drug-likeness (QED) is 0.818. The van der Waals surface area contributed by atoms with E-state index in [0.29, 0.717) is 12.6 Å². The predicted molar refractivity (Wildman–Crippen MR) is 78.0 cm³/mol. The van der Waals surface area contributed by atoms with Gasteiger partial charge in [-0.15, -0.1) is 0 Å². The summed E-state index contributed by atoms with van der Waals surface area (Å²) in [6.45, 7) is 2.19. The number of piperidine rings is 1. The Bertz CT molecular complexity index is 444. The molecule has 1 saturated heterocycles. The molecule has 110 valence electrons. The number of nitrogens with two attached hydrogens (primary N) is 2. The third-order valence-corrected chi connectivity index (χ3v) is 4.07. The van der Waals surface area contributed by atoms with Crippen molar-refractivity contribution < 1.29 is 9.53 Å². The van der Waals surface area contributed by atoms with Crippen molar-refractivity contribution in [3.05, 3.63) is 35.9 Å². The number of likely N-dealkylation sites (tertiary alicyclic amines) is 1. The molecule has 1 atom stereocenters. The van der Waals surface area contributed by atoms with Gasteiger partial charge < -0.3 is 21.1 Å². The van der Waals surface area contributed by atoms with Crippen molar-refractivity contribution in [2.75, 3.05) is 26.7 Å². The molecule has 1 heterocycles. The van der Waals surface area contributed by atoms with Gasteiger partial charge in [-0.05, 0) is 18.4 Å². The Hall–Kier alpha value is -1.43. The van der Waals surface area contributed by atoms with E-state index in [1.54, 1.807) is 7.11 Å². The zero-order valence-corrected chi connectivity index (χ0v) is 11.9. The Morgan fingerprint density at radius 3 is 2.45 bits per heavy atom. The van der Waals surface area contributed by atoms with Crippen molar-refractivity contribution in [3.8, 4) is 0 Å². The van der Waals surface area contributed by atoms with E-state index in [0.717, 1.165) is 31.5 Å². The van der Waals surface area contributed by atoms with Crippen LogP contribution in [-0.2, 0) is 15.1 Å². The van der Waals surface area contributed by atoms with Crippen molar-refractivity contribution in [2.45, 2.75) is 24.5 Å². The first-order chi connectivity index (χ1) is 9.56. The van der Waals surface area contributed by atoms with Crippen LogP contribution in [0.2, 0.25) is 0 Å². The fraction of sp³-hybridized carbons (Fsp3) is 0.533. The number of hydrogen-bond donors (Lipinski definition) is 2. The number of methoxy groups -OCH3 is 1. The highest BCUT2D eigenvalue weighted by atomic mass is 16.5. The molecule has 0 spiro atoms. The molecule has 1 aliphatic rings. The van der Waals surface area contributed by atoms with Crippen LogP contribution < -0.4 is 11.5 Å². The van der Waals surface area contributed by atoms with E-state index >= 15 is 0 Å². The normalized spacial score (nSPS) is 20.5. The molecule has 0 aliphatic carbocycles. The van der Waals surface area contributed by atoms with Gasteiger partial charge in [-0.1, -0.05) is 30.3 Å². The molecule has 4 N–H and O–H groups in total. The van der Waals surface area contributed by atoms with Crippen LogP contribution in [0.15, 0.2) is 30.3 Å². The molecular weight excluding hydrogens is 254 g/mol. The summed E-state index contributed by atoms with van der Waals surface area (Å²) in [5.41, 5.74) is 11.5. The van der Waals surface area contributed by atoms with Crippen molar-refractivity contribution in [1.82, 2.24) is 4.90 Å². The molecule has 0 saturated carbocycles. The third-order valence-electron chi connectivity index (χ3n) is 4.07. The van der Waals surface area contributed by atoms with Gasteiger partial charge in [0.25, 0.3) is 0 Å². The molecule has 1 amide bonds. The van der Waals surface area contributed by atoms with Gasteiger partial charge in [0.15, 0.2) is 0 Å². The maximum absolute atomic E-state index is 11.9. The van der Waals surface area contributed by atoms with Crippen LogP contribution >= 0.6 is 0 Å². The van der Waals surface area contributed by atoms with Crippen LogP contribution in [0.3, 0.4) is 0 Å². The average molecular weight is 277 g/mol. The highest BCUT2D eigenvalue weighted by molar-refractivity contribution is 5.86. The minimum Gasteiger partial charge on any atom is -0.381 e. The molecule has 5 nitrogen and oxygen atoms in total. The minimum atomic E-state index is -1.14. The first-order valence-electron chi connectivity index (χ1n) is 6.95. The molecule has 20 heavy (non-hydrogen) atoms. The Morgan fingerprint density at radius 1 is 1.35 bits per heavy atom. The van der Waals surface area contributed by atoms with Crippen LogP contribution in [0, 0.1) is 0 Å². The van der Waals surface area contributed by atoms with Gasteiger partial charge in [-0.25, -0.2) is 0 Å². The molecule has 1 aromatic carbocycles. The second-order valence-electron chi connectivity index (χ2n) is 5.41. The molecule has 2 rings (SSSR count). The summed E-state index contributed by atoms with van der Waals surface area (Å²) >= 11 is 0. The largest absolute Gasteiger partial charge is 0.381 e. The standard InChI is InChI=1S/C15H23N3O2/c1-20-13-7-9-18(10-8-13)11-15(17,14(16)19)12-5-3-2-4-6-12/h2-6,13H,7-11,17H2,1H3,(H2,16,19). The van der Waals surface area contributed by atoms with E-state index in [-0.39, 0.29) is 0 Å². The molecule has 1 unspecified atom stereocenters. The number of hydrogen-bond acceptors (Lipinski definition) is 4. The second kappa shape index (κ2) is 6.35. The summed E-state index contributed by atoms with van der Waals surface area (Å²) < 4.78 is 5.35. The first kappa shape index (κ1) is 15.0. The van der Waals surface area contributed by atoms with Crippen LogP contribution in [0.4, 0.5) is 0 Å². The van der Waals surface area contributed by atoms with Gasteiger partial charge >= 0.3 is 0 Å². The molecule has 0 bridgehead atoms. The smallest absolute Gasteiger partial charge is 0.243 e. The summed E-state index contributed by atoms with van der Waals surface area (Å²) in [7, 11) is 1.74. The lowest BCUT2D eigenvalue weighted by molar-refractivity contribution is -0.124. The minimum absolute atomic E-state index is 0.309. The van der Waals surface area contributed by atoms with Crippen LogP contribution in [0.1, 0.15) is 18.4 Å². The number of carbonyl (C=O) groups is 1. The third kappa shape index (κ3) is 3.17. The van der Waals surface area contributed by atoms with E-state index in [9.17, 15) is 4.79 Å². The van der Waals surface area contributed by atoms with E-state index in [1.807, 2.05) is 30.3 Å². The fourth-order valence-corrected chi connectivity index (χ4v) is 2.70. The second-order valence-corrected chi connectivity index (χ2v) is 5.41. The topological polar surface area (TPSA) is 81.6 Å². The van der Waals surface area contributed by atoms with Crippen LogP contribution in [-0.4, -0.2) is 43.7 Å². The highest BCUT2D eigenvalue weighted by Gasteiger charge is 2.36. The molecule has 0 aromatic heterocycles. The first-order valence-corrected chi connectivity index (χ1v) is 6.95. The Kier molecular flexibility index (Phi) is 4.75. The van der Waals surface area contributed by atoms with E-state index in [4.69, 9.17) is 16.2 Å². The van der Waals surface area contributed by atoms with Crippen molar-refractivity contribution in [3.63, 3.8) is 0 Å². The number of ether oxygens (including phenoxy) is 1. The monoisotopic (exact) mass is 277 g/mol. The van der Waals surface area contributed by atoms with Gasteiger partial charge in [0, 0.05) is 26.7 Å². The molecule has 0 radical (unpaired) electrons. The summed E-state index contributed by atoms with van der Waals surface area (Å²) in [5, 5.41) is 0. The fourth-order valence-electron chi connectivity index (χ4n) is 2.70. The van der Waals surface area contributed by atoms with Crippen LogP contribution in [0.5, 0.6) is 0 Å². The zero-order chi connectivity index (χ0) is 14.6. The summed E-state index contributed by atoms with van der Waals surface area (Å²) in [6.07, 6.45) is 2.23. The highest BCUT2D eigenvalue weighted by Crippen LogP contribution is 2.22. The number of nitrogens with zero attached hydrogens (tertiary/aromatic N) is 1. The lowest BCUT2D eigenvalue weighted by Gasteiger charge is -2.37. The SMILES string of the molecule is COC1CCN(CC(N)(C(N)=O)c2ccccc2)CC1. The van der Waals surface area contributed by atoms with E-state index in [1.165, 1.54) is 0 Å². The van der Waals surface area contributed by atoms with Gasteiger partial charge in [0.05, 0.1) is 6.10 Å². The van der Waals surface area contributed by atoms with Gasteiger partial charge in [0.2, 0.25) is 5.91 Å². The van der Waals surface area contributed by atoms with Gasteiger partial charge in [-0.3, -0.25) is 4.79 Å². The Morgan fingerprint density at radius 2 is 1.95 bits per heavy atom. The van der Waals surface area contributed by atoms with Crippen molar-refractivity contribution in [1.29, 1.82) is 0 Å². The molecule has 1 aliphatic heterocycles. The summed E-state index contributed by atoms with van der Waals surface area (Å²) in [4.78, 5) is 14.0. The molecule has 5 heteroatoms. The summed E-state index contributed by atoms with van der Waals surface area (Å²) in [5.74, 6) is -0.488. The maximum Gasteiger partial charge on any atom is 0.243 e. The number of carbonyl (C=O) groups excluding carboxylic acids is 1. The average Bonchev–Trinajstić information content (AvgIpc) is 2.48. The van der Waals surface area contributed by atoms with E-state index in [2.05, 4.69) is 4.90 Å². The van der Waals surface area contributed by atoms with Crippen LogP contribution in [0.25, 0.3) is 0 Å². The Balaban J connectivity index is 2.09. The van der Waals surface area contributed by atoms with Crippen molar-refractivity contribution >= 4 is 5.91 Å². The number of rotatable bonds is 5. The van der Waals surface area contributed by atoms with Crippen molar-refractivity contribution in [2.24, 2.45) is 11.5 Å².